The highest BCUT2D eigenvalue weighted by Crippen LogP contribution is 2.28. The zero-order valence-corrected chi connectivity index (χ0v) is 15.8. The Balaban J connectivity index is 1.55. The van der Waals surface area contributed by atoms with Gasteiger partial charge in [-0.3, -0.25) is 4.79 Å². The molecule has 0 radical (unpaired) electrons. The van der Waals surface area contributed by atoms with Gasteiger partial charge in [0, 0.05) is 13.1 Å². The summed E-state index contributed by atoms with van der Waals surface area (Å²) in [7, 11) is 3.01. The number of hydrogen-bond donors (Lipinski definition) is 0. The van der Waals surface area contributed by atoms with E-state index in [9.17, 15) is 9.59 Å². The zero-order chi connectivity index (χ0) is 19.2. The van der Waals surface area contributed by atoms with Gasteiger partial charge in [-0.15, -0.1) is 0 Å². The van der Waals surface area contributed by atoms with E-state index in [2.05, 4.69) is 0 Å². The molecule has 2 aromatic carbocycles. The SMILES string of the molecule is COC(=O)c1ccc(C2CCN(C(=O)Cc3cccc(OC)c3)CC2)cc1. The molecule has 0 aromatic heterocycles. The van der Waals surface area contributed by atoms with Crippen molar-refractivity contribution in [3.8, 4) is 5.75 Å². The molecule has 142 valence electrons. The number of rotatable bonds is 5. The van der Waals surface area contributed by atoms with Crippen LogP contribution in [0.3, 0.4) is 0 Å². The third-order valence-corrected chi connectivity index (χ3v) is 5.14. The predicted octanol–water partition coefficient (Wildman–Crippen LogP) is 3.43. The summed E-state index contributed by atoms with van der Waals surface area (Å²) in [5.41, 5.74) is 2.74. The fourth-order valence-electron chi connectivity index (χ4n) is 3.54. The van der Waals surface area contributed by atoms with E-state index in [0.717, 1.165) is 37.2 Å². The Bertz CT molecular complexity index is 792. The lowest BCUT2D eigenvalue weighted by Crippen LogP contribution is -2.38. The number of piperidine rings is 1. The highest BCUT2D eigenvalue weighted by atomic mass is 16.5. The van der Waals surface area contributed by atoms with Gasteiger partial charge in [-0.1, -0.05) is 24.3 Å². The van der Waals surface area contributed by atoms with Crippen molar-refractivity contribution in [1.29, 1.82) is 0 Å². The Hall–Kier alpha value is -2.82. The minimum absolute atomic E-state index is 0.155. The molecule has 1 aliphatic rings. The molecule has 3 rings (SSSR count). The summed E-state index contributed by atoms with van der Waals surface area (Å²) in [5.74, 6) is 1.02. The number of nitrogens with zero attached hydrogens (tertiary/aromatic N) is 1. The molecular formula is C22H25NO4. The second-order valence-electron chi connectivity index (χ2n) is 6.80. The fraction of sp³-hybridized carbons (Fsp3) is 0.364. The molecule has 1 fully saturated rings. The monoisotopic (exact) mass is 367 g/mol. The first-order valence-electron chi connectivity index (χ1n) is 9.19. The molecule has 0 atom stereocenters. The van der Waals surface area contributed by atoms with Crippen LogP contribution in [0.1, 0.15) is 40.2 Å². The summed E-state index contributed by atoms with van der Waals surface area (Å²) < 4.78 is 9.96. The Labute approximate surface area is 159 Å². The molecule has 0 spiro atoms. The van der Waals surface area contributed by atoms with Gasteiger partial charge in [-0.05, 0) is 54.2 Å². The molecular weight excluding hydrogens is 342 g/mol. The highest BCUT2D eigenvalue weighted by molar-refractivity contribution is 5.89. The molecule has 1 amide bonds. The summed E-state index contributed by atoms with van der Waals surface area (Å²) in [5, 5.41) is 0. The van der Waals surface area contributed by atoms with Crippen LogP contribution in [0.2, 0.25) is 0 Å². The predicted molar refractivity (Wildman–Crippen MR) is 103 cm³/mol. The highest BCUT2D eigenvalue weighted by Gasteiger charge is 2.24. The van der Waals surface area contributed by atoms with Gasteiger partial charge in [0.25, 0.3) is 0 Å². The van der Waals surface area contributed by atoms with Gasteiger partial charge in [0.1, 0.15) is 5.75 Å². The van der Waals surface area contributed by atoms with Crippen LogP contribution in [0.25, 0.3) is 0 Å². The van der Waals surface area contributed by atoms with Gasteiger partial charge in [0.2, 0.25) is 5.91 Å². The summed E-state index contributed by atoms with van der Waals surface area (Å²) >= 11 is 0. The second-order valence-corrected chi connectivity index (χ2v) is 6.80. The lowest BCUT2D eigenvalue weighted by Gasteiger charge is -2.32. The van der Waals surface area contributed by atoms with Crippen molar-refractivity contribution in [2.45, 2.75) is 25.2 Å². The summed E-state index contributed by atoms with van der Waals surface area (Å²) in [4.78, 5) is 26.1. The molecule has 1 aliphatic heterocycles. The van der Waals surface area contributed by atoms with Gasteiger partial charge in [0.05, 0.1) is 26.2 Å². The quantitative estimate of drug-likeness (QED) is 0.760. The summed E-state index contributed by atoms with van der Waals surface area (Å²) in [6.45, 7) is 1.51. The van der Waals surface area contributed by atoms with Crippen molar-refractivity contribution >= 4 is 11.9 Å². The first kappa shape index (κ1) is 19.0. The number of amides is 1. The normalized spacial score (nSPS) is 14.7. The Morgan fingerprint density at radius 1 is 1.04 bits per heavy atom. The number of hydrogen-bond acceptors (Lipinski definition) is 4. The number of carbonyl (C=O) groups is 2. The van der Waals surface area contributed by atoms with Crippen LogP contribution in [-0.2, 0) is 16.0 Å². The topological polar surface area (TPSA) is 55.8 Å². The third kappa shape index (κ3) is 4.67. The van der Waals surface area contributed by atoms with Crippen molar-refractivity contribution in [3.63, 3.8) is 0 Å². The van der Waals surface area contributed by atoms with E-state index in [0.29, 0.717) is 17.9 Å². The lowest BCUT2D eigenvalue weighted by atomic mass is 9.89. The van der Waals surface area contributed by atoms with Gasteiger partial charge in [-0.25, -0.2) is 4.79 Å². The minimum Gasteiger partial charge on any atom is -0.497 e. The van der Waals surface area contributed by atoms with E-state index in [-0.39, 0.29) is 11.9 Å². The maximum Gasteiger partial charge on any atom is 0.337 e. The van der Waals surface area contributed by atoms with Crippen LogP contribution in [-0.4, -0.2) is 44.1 Å². The van der Waals surface area contributed by atoms with Gasteiger partial charge in [-0.2, -0.15) is 0 Å². The zero-order valence-electron chi connectivity index (χ0n) is 15.8. The standard InChI is InChI=1S/C22H25NO4/c1-26-20-5-3-4-16(14-20)15-21(24)23-12-10-18(11-13-23)17-6-8-19(9-7-17)22(25)27-2/h3-9,14,18H,10-13,15H2,1-2H3. The molecule has 5 nitrogen and oxygen atoms in total. The minimum atomic E-state index is -0.320. The smallest absolute Gasteiger partial charge is 0.337 e. The first-order valence-corrected chi connectivity index (χ1v) is 9.19. The van der Waals surface area contributed by atoms with E-state index >= 15 is 0 Å². The largest absolute Gasteiger partial charge is 0.497 e. The van der Waals surface area contributed by atoms with E-state index in [1.54, 1.807) is 7.11 Å². The van der Waals surface area contributed by atoms with E-state index in [1.165, 1.54) is 12.7 Å². The molecule has 5 heteroatoms. The third-order valence-electron chi connectivity index (χ3n) is 5.14. The van der Waals surface area contributed by atoms with Gasteiger partial charge >= 0.3 is 5.97 Å². The molecule has 0 saturated carbocycles. The second kappa shape index (κ2) is 8.71. The number of carbonyl (C=O) groups excluding carboxylic acids is 2. The molecule has 0 N–H and O–H groups in total. The average Bonchev–Trinajstić information content (AvgIpc) is 2.73. The maximum absolute atomic E-state index is 12.6. The van der Waals surface area contributed by atoms with Gasteiger partial charge < -0.3 is 14.4 Å². The van der Waals surface area contributed by atoms with E-state index in [1.807, 2.05) is 53.4 Å². The van der Waals surface area contributed by atoms with Crippen LogP contribution in [0.4, 0.5) is 0 Å². The van der Waals surface area contributed by atoms with Crippen LogP contribution in [0.15, 0.2) is 48.5 Å². The van der Waals surface area contributed by atoms with Crippen LogP contribution in [0.5, 0.6) is 5.75 Å². The molecule has 0 aliphatic carbocycles. The van der Waals surface area contributed by atoms with E-state index in [4.69, 9.17) is 9.47 Å². The maximum atomic E-state index is 12.6. The molecule has 1 heterocycles. The molecule has 2 aromatic rings. The number of likely N-dealkylation sites (tertiary alicyclic amines) is 1. The van der Waals surface area contributed by atoms with Crippen molar-refractivity contribution in [2.75, 3.05) is 27.3 Å². The van der Waals surface area contributed by atoms with Crippen molar-refractivity contribution in [1.82, 2.24) is 4.90 Å². The first-order chi connectivity index (χ1) is 13.1. The Morgan fingerprint density at radius 3 is 2.37 bits per heavy atom. The lowest BCUT2D eigenvalue weighted by molar-refractivity contribution is -0.131. The molecule has 0 unspecified atom stereocenters. The fourth-order valence-corrected chi connectivity index (χ4v) is 3.54. The van der Waals surface area contributed by atoms with Crippen LogP contribution < -0.4 is 4.74 Å². The number of methoxy groups -OCH3 is 2. The average molecular weight is 367 g/mol. The number of benzene rings is 2. The summed E-state index contributed by atoms with van der Waals surface area (Å²) in [6, 6.07) is 15.2. The van der Waals surface area contributed by atoms with Crippen LogP contribution in [0, 0.1) is 0 Å². The number of ether oxygens (including phenoxy) is 2. The van der Waals surface area contributed by atoms with Crippen molar-refractivity contribution in [2.24, 2.45) is 0 Å². The molecule has 0 bridgehead atoms. The Kier molecular flexibility index (Phi) is 6.12. The Morgan fingerprint density at radius 2 is 1.74 bits per heavy atom. The molecule has 27 heavy (non-hydrogen) atoms. The number of esters is 1. The van der Waals surface area contributed by atoms with Gasteiger partial charge in [0.15, 0.2) is 0 Å². The van der Waals surface area contributed by atoms with Crippen molar-refractivity contribution < 1.29 is 19.1 Å². The van der Waals surface area contributed by atoms with E-state index < -0.39 is 0 Å². The van der Waals surface area contributed by atoms with Crippen molar-refractivity contribution in [3.05, 3.63) is 65.2 Å². The summed E-state index contributed by atoms with van der Waals surface area (Å²) in [6.07, 6.45) is 2.26. The molecule has 1 saturated heterocycles. The van der Waals surface area contributed by atoms with Crippen LogP contribution >= 0.6 is 0 Å².